The van der Waals surface area contributed by atoms with Gasteiger partial charge in [-0.1, -0.05) is 17.7 Å². The number of benzene rings is 1. The molecule has 1 aromatic carbocycles. The van der Waals surface area contributed by atoms with Crippen molar-refractivity contribution >= 4 is 25.9 Å². The minimum absolute atomic E-state index is 0.147. The standard InChI is InChI=1S/C16H23NO6S2/c1-12-4-5-15(13(2)10-12)25(21,22)23-14-6-8-17(9-7-14)16(18)11-24(3,19)20/h4-5,10,14H,6-9,11H2,1-3H3. The number of likely N-dealkylation sites (tertiary alicyclic amines) is 1. The Morgan fingerprint density at radius 3 is 2.28 bits per heavy atom. The topological polar surface area (TPSA) is 97.8 Å². The third-order valence-electron chi connectivity index (χ3n) is 4.04. The van der Waals surface area contributed by atoms with E-state index in [1.54, 1.807) is 19.1 Å². The highest BCUT2D eigenvalue weighted by molar-refractivity contribution is 7.91. The predicted molar refractivity (Wildman–Crippen MR) is 93.5 cm³/mol. The van der Waals surface area contributed by atoms with Crippen molar-refractivity contribution in [2.24, 2.45) is 0 Å². The van der Waals surface area contributed by atoms with Gasteiger partial charge in [-0.25, -0.2) is 8.42 Å². The largest absolute Gasteiger partial charge is 0.342 e. The van der Waals surface area contributed by atoms with Gasteiger partial charge in [-0.15, -0.1) is 0 Å². The highest BCUT2D eigenvalue weighted by Crippen LogP contribution is 2.23. The summed E-state index contributed by atoms with van der Waals surface area (Å²) in [5, 5.41) is 0. The fraction of sp³-hybridized carbons (Fsp3) is 0.562. The number of aryl methyl sites for hydroxylation is 2. The van der Waals surface area contributed by atoms with Crippen LogP contribution in [0.1, 0.15) is 24.0 Å². The summed E-state index contributed by atoms with van der Waals surface area (Å²) in [5.74, 6) is -0.988. The Hall–Kier alpha value is -1.45. The van der Waals surface area contributed by atoms with Gasteiger partial charge in [0.25, 0.3) is 10.1 Å². The molecule has 0 unspecified atom stereocenters. The maximum absolute atomic E-state index is 12.5. The Morgan fingerprint density at radius 2 is 1.76 bits per heavy atom. The zero-order valence-corrected chi connectivity index (χ0v) is 16.2. The second-order valence-corrected chi connectivity index (χ2v) is 10.2. The lowest BCUT2D eigenvalue weighted by molar-refractivity contribution is -0.130. The minimum atomic E-state index is -3.87. The summed E-state index contributed by atoms with van der Waals surface area (Å²) in [6.07, 6.45) is 1.18. The minimum Gasteiger partial charge on any atom is -0.342 e. The van der Waals surface area contributed by atoms with Crippen LogP contribution < -0.4 is 0 Å². The molecule has 0 aliphatic carbocycles. The maximum atomic E-state index is 12.5. The van der Waals surface area contributed by atoms with Crippen molar-refractivity contribution in [3.63, 3.8) is 0 Å². The third-order valence-corrected chi connectivity index (χ3v) is 6.34. The second kappa shape index (κ2) is 7.43. The van der Waals surface area contributed by atoms with Gasteiger partial charge in [0.2, 0.25) is 5.91 Å². The van der Waals surface area contributed by atoms with Gasteiger partial charge in [-0.3, -0.25) is 8.98 Å². The van der Waals surface area contributed by atoms with Crippen LogP contribution in [0.4, 0.5) is 0 Å². The number of nitrogens with zero attached hydrogens (tertiary/aromatic N) is 1. The molecule has 0 aromatic heterocycles. The van der Waals surface area contributed by atoms with E-state index in [4.69, 9.17) is 4.18 Å². The van der Waals surface area contributed by atoms with E-state index >= 15 is 0 Å². The van der Waals surface area contributed by atoms with Crippen LogP contribution >= 0.6 is 0 Å². The normalized spacial score (nSPS) is 16.8. The van der Waals surface area contributed by atoms with E-state index in [9.17, 15) is 21.6 Å². The van der Waals surface area contributed by atoms with E-state index in [1.807, 2.05) is 6.92 Å². The van der Waals surface area contributed by atoms with Crippen molar-refractivity contribution in [3.05, 3.63) is 29.3 Å². The van der Waals surface area contributed by atoms with Crippen molar-refractivity contribution in [1.29, 1.82) is 0 Å². The molecule has 140 valence electrons. The first-order valence-corrected chi connectivity index (χ1v) is 11.4. The number of carbonyl (C=O) groups excluding carboxylic acids is 1. The molecular formula is C16H23NO6S2. The molecule has 0 bridgehead atoms. The molecule has 9 heteroatoms. The zero-order valence-electron chi connectivity index (χ0n) is 14.6. The van der Waals surface area contributed by atoms with Crippen LogP contribution in [0.15, 0.2) is 23.1 Å². The molecule has 0 N–H and O–H groups in total. The average molecular weight is 389 g/mol. The smallest absolute Gasteiger partial charge is 0.297 e. The molecule has 1 fully saturated rings. The van der Waals surface area contributed by atoms with Crippen LogP contribution in [0.25, 0.3) is 0 Å². The first kappa shape index (κ1) is 19.9. The number of sulfone groups is 1. The van der Waals surface area contributed by atoms with Crippen LogP contribution in [0.3, 0.4) is 0 Å². The SMILES string of the molecule is Cc1ccc(S(=O)(=O)OC2CCN(C(=O)CS(C)(=O)=O)CC2)c(C)c1. The van der Waals surface area contributed by atoms with Crippen LogP contribution in [-0.4, -0.2) is 58.8 Å². The number of carbonyl (C=O) groups is 1. The number of hydrogen-bond acceptors (Lipinski definition) is 6. The van der Waals surface area contributed by atoms with E-state index in [1.165, 1.54) is 11.0 Å². The van der Waals surface area contributed by atoms with Crippen molar-refractivity contribution in [2.45, 2.75) is 37.7 Å². The van der Waals surface area contributed by atoms with Crippen LogP contribution in [0.5, 0.6) is 0 Å². The lowest BCUT2D eigenvalue weighted by Crippen LogP contribution is -2.43. The molecule has 1 heterocycles. The Morgan fingerprint density at radius 1 is 1.16 bits per heavy atom. The summed E-state index contributed by atoms with van der Waals surface area (Å²) in [5.41, 5.74) is 1.59. The summed E-state index contributed by atoms with van der Waals surface area (Å²) in [6.45, 7) is 4.16. The van der Waals surface area contributed by atoms with Gasteiger partial charge in [0.15, 0.2) is 9.84 Å². The monoisotopic (exact) mass is 389 g/mol. The molecule has 0 saturated carbocycles. The van der Waals surface area contributed by atoms with Gasteiger partial charge in [0.05, 0.1) is 11.0 Å². The van der Waals surface area contributed by atoms with Gasteiger partial charge >= 0.3 is 0 Å². The molecule has 1 amide bonds. The molecule has 0 atom stereocenters. The molecule has 0 spiro atoms. The molecule has 1 aliphatic rings. The molecule has 1 aliphatic heterocycles. The Labute approximate surface area is 149 Å². The van der Waals surface area contributed by atoms with E-state index < -0.39 is 37.7 Å². The van der Waals surface area contributed by atoms with E-state index in [-0.39, 0.29) is 18.0 Å². The van der Waals surface area contributed by atoms with Crippen LogP contribution in [0, 0.1) is 13.8 Å². The average Bonchev–Trinajstić information content (AvgIpc) is 2.45. The quantitative estimate of drug-likeness (QED) is 0.698. The second-order valence-electron chi connectivity index (χ2n) is 6.47. The third kappa shape index (κ3) is 5.52. The molecule has 7 nitrogen and oxygen atoms in total. The van der Waals surface area contributed by atoms with Gasteiger partial charge in [-0.05, 0) is 38.3 Å². The summed E-state index contributed by atoms with van der Waals surface area (Å²) in [6, 6.07) is 5.03. The summed E-state index contributed by atoms with van der Waals surface area (Å²) in [4.78, 5) is 13.5. The highest BCUT2D eigenvalue weighted by atomic mass is 32.2. The summed E-state index contributed by atoms with van der Waals surface area (Å²) >= 11 is 0. The molecule has 1 aromatic rings. The fourth-order valence-electron chi connectivity index (χ4n) is 2.83. The van der Waals surface area contributed by atoms with Crippen molar-refractivity contribution in [3.8, 4) is 0 Å². The maximum Gasteiger partial charge on any atom is 0.297 e. The molecular weight excluding hydrogens is 366 g/mol. The molecule has 2 rings (SSSR count). The Bertz CT molecular complexity index is 853. The fourth-order valence-corrected chi connectivity index (χ4v) is 4.80. The van der Waals surface area contributed by atoms with Crippen molar-refractivity contribution in [2.75, 3.05) is 25.1 Å². The van der Waals surface area contributed by atoms with E-state index in [2.05, 4.69) is 0 Å². The number of piperidine rings is 1. The highest BCUT2D eigenvalue weighted by Gasteiger charge is 2.29. The Kier molecular flexibility index (Phi) is 5.90. The van der Waals surface area contributed by atoms with Gasteiger partial charge in [0.1, 0.15) is 5.75 Å². The number of rotatable bonds is 5. The van der Waals surface area contributed by atoms with Crippen molar-refractivity contribution in [1.82, 2.24) is 4.90 Å². The Balaban J connectivity index is 1.98. The molecule has 0 radical (unpaired) electrons. The van der Waals surface area contributed by atoms with Gasteiger partial charge in [-0.2, -0.15) is 8.42 Å². The number of hydrogen-bond donors (Lipinski definition) is 0. The van der Waals surface area contributed by atoms with Crippen LogP contribution in [-0.2, 0) is 28.9 Å². The zero-order chi connectivity index (χ0) is 18.8. The predicted octanol–water partition coefficient (Wildman–Crippen LogP) is 1.04. The lowest BCUT2D eigenvalue weighted by Gasteiger charge is -2.31. The van der Waals surface area contributed by atoms with E-state index in [0.29, 0.717) is 18.4 Å². The van der Waals surface area contributed by atoms with Gasteiger partial charge < -0.3 is 4.90 Å². The first-order valence-electron chi connectivity index (χ1n) is 7.94. The summed E-state index contributed by atoms with van der Waals surface area (Å²) in [7, 11) is -7.25. The van der Waals surface area contributed by atoms with Crippen molar-refractivity contribution < 1.29 is 25.8 Å². The number of amides is 1. The van der Waals surface area contributed by atoms with E-state index in [0.717, 1.165) is 11.8 Å². The first-order chi connectivity index (χ1) is 11.5. The van der Waals surface area contributed by atoms with Gasteiger partial charge in [0, 0.05) is 19.3 Å². The molecule has 25 heavy (non-hydrogen) atoms. The summed E-state index contributed by atoms with van der Waals surface area (Å²) < 4.78 is 52.6. The lowest BCUT2D eigenvalue weighted by atomic mass is 10.1. The molecule has 1 saturated heterocycles. The van der Waals surface area contributed by atoms with Crippen LogP contribution in [0.2, 0.25) is 0 Å².